The molecule has 0 radical (unpaired) electrons. The molecule has 102 valence electrons. The van der Waals surface area contributed by atoms with Crippen molar-refractivity contribution in [2.75, 3.05) is 0 Å². The molecule has 0 aliphatic carbocycles. The zero-order valence-electron chi connectivity index (χ0n) is 11.6. The predicted octanol–water partition coefficient (Wildman–Crippen LogP) is 2.74. The van der Waals surface area contributed by atoms with Gasteiger partial charge in [-0.2, -0.15) is 4.98 Å². The third kappa shape index (κ3) is 3.17. The topological polar surface area (TPSA) is 77.8 Å². The van der Waals surface area contributed by atoms with E-state index in [-0.39, 0.29) is 6.04 Å². The van der Waals surface area contributed by atoms with Crippen molar-refractivity contribution in [2.45, 2.75) is 39.7 Å². The molecule has 0 saturated carbocycles. The molecule has 5 nitrogen and oxygen atoms in total. The van der Waals surface area contributed by atoms with Crippen molar-refractivity contribution in [1.82, 2.24) is 15.1 Å². The van der Waals surface area contributed by atoms with Crippen LogP contribution in [0.2, 0.25) is 0 Å². The monoisotopic (exact) mass is 260 g/mol. The summed E-state index contributed by atoms with van der Waals surface area (Å²) in [6.45, 7) is 6.32. The molecule has 0 bridgehead atoms. The highest BCUT2D eigenvalue weighted by Gasteiger charge is 2.17. The van der Waals surface area contributed by atoms with Crippen LogP contribution in [0.3, 0.4) is 0 Å². The van der Waals surface area contributed by atoms with E-state index in [4.69, 9.17) is 10.3 Å². The molecular weight excluding hydrogens is 240 g/mol. The van der Waals surface area contributed by atoms with E-state index < -0.39 is 0 Å². The fraction of sp³-hybridized carbons (Fsp3) is 0.500. The van der Waals surface area contributed by atoms with E-state index in [1.807, 2.05) is 12.3 Å². The largest absolute Gasteiger partial charge is 0.337 e. The Bertz CT molecular complexity index is 536. The van der Waals surface area contributed by atoms with Gasteiger partial charge in [0.1, 0.15) is 0 Å². The Labute approximate surface area is 113 Å². The number of rotatable bonds is 5. The van der Waals surface area contributed by atoms with E-state index in [0.717, 1.165) is 24.0 Å². The zero-order valence-corrected chi connectivity index (χ0v) is 11.6. The van der Waals surface area contributed by atoms with E-state index in [1.165, 1.54) is 0 Å². The lowest BCUT2D eigenvalue weighted by Crippen LogP contribution is -2.13. The highest BCUT2D eigenvalue weighted by Crippen LogP contribution is 2.23. The van der Waals surface area contributed by atoms with Gasteiger partial charge in [-0.25, -0.2) is 0 Å². The highest BCUT2D eigenvalue weighted by molar-refractivity contribution is 5.58. The summed E-state index contributed by atoms with van der Waals surface area (Å²) in [7, 11) is 0. The first-order valence-electron chi connectivity index (χ1n) is 6.64. The maximum Gasteiger partial charge on any atom is 0.243 e. The highest BCUT2D eigenvalue weighted by atomic mass is 16.5. The quantitative estimate of drug-likeness (QED) is 0.894. The van der Waals surface area contributed by atoms with Crippen molar-refractivity contribution in [3.63, 3.8) is 0 Å². The molecule has 0 saturated heterocycles. The van der Waals surface area contributed by atoms with Crippen molar-refractivity contribution in [2.24, 2.45) is 11.7 Å². The number of nitrogens with two attached hydrogens (primary N) is 1. The van der Waals surface area contributed by atoms with E-state index in [2.05, 4.69) is 35.9 Å². The SMILES string of the molecule is CCc1cnccc1-c1noc(C(N)CC(C)C)n1. The van der Waals surface area contributed by atoms with Crippen molar-refractivity contribution in [3.05, 3.63) is 29.9 Å². The van der Waals surface area contributed by atoms with Crippen molar-refractivity contribution in [1.29, 1.82) is 0 Å². The van der Waals surface area contributed by atoms with E-state index in [1.54, 1.807) is 6.20 Å². The third-order valence-corrected chi connectivity index (χ3v) is 3.01. The average Bonchev–Trinajstić information content (AvgIpc) is 2.87. The Morgan fingerprint density at radius 1 is 1.37 bits per heavy atom. The number of pyridine rings is 1. The van der Waals surface area contributed by atoms with Gasteiger partial charge >= 0.3 is 0 Å². The van der Waals surface area contributed by atoms with Crippen LogP contribution in [0.25, 0.3) is 11.4 Å². The van der Waals surface area contributed by atoms with Crippen LogP contribution in [0.15, 0.2) is 23.0 Å². The molecule has 2 heterocycles. The van der Waals surface area contributed by atoms with Crippen molar-refractivity contribution < 1.29 is 4.52 Å². The molecule has 0 fully saturated rings. The molecule has 0 spiro atoms. The lowest BCUT2D eigenvalue weighted by atomic mass is 10.0. The molecule has 1 unspecified atom stereocenters. The summed E-state index contributed by atoms with van der Waals surface area (Å²) in [5, 5.41) is 4.03. The molecular formula is C14H20N4O. The summed E-state index contributed by atoms with van der Waals surface area (Å²) in [5.41, 5.74) is 8.12. The van der Waals surface area contributed by atoms with Crippen LogP contribution in [-0.2, 0) is 6.42 Å². The lowest BCUT2D eigenvalue weighted by Gasteiger charge is -2.08. The van der Waals surface area contributed by atoms with Gasteiger partial charge < -0.3 is 10.3 Å². The summed E-state index contributed by atoms with van der Waals surface area (Å²) >= 11 is 0. The van der Waals surface area contributed by atoms with Gasteiger partial charge in [-0.05, 0) is 30.4 Å². The Morgan fingerprint density at radius 2 is 2.16 bits per heavy atom. The van der Waals surface area contributed by atoms with Gasteiger partial charge in [0.25, 0.3) is 0 Å². The minimum atomic E-state index is -0.201. The number of aromatic nitrogens is 3. The number of aryl methyl sites for hydroxylation is 1. The molecule has 2 rings (SSSR count). The second kappa shape index (κ2) is 5.93. The third-order valence-electron chi connectivity index (χ3n) is 3.01. The Morgan fingerprint density at radius 3 is 2.84 bits per heavy atom. The molecule has 0 aliphatic rings. The molecule has 0 aliphatic heterocycles. The van der Waals surface area contributed by atoms with Gasteiger partial charge in [0.2, 0.25) is 11.7 Å². The Balaban J connectivity index is 2.25. The normalized spacial score (nSPS) is 12.9. The molecule has 2 N–H and O–H groups in total. The predicted molar refractivity (Wildman–Crippen MR) is 73.3 cm³/mol. The Kier molecular flexibility index (Phi) is 4.27. The van der Waals surface area contributed by atoms with E-state index in [0.29, 0.717) is 17.6 Å². The smallest absolute Gasteiger partial charge is 0.243 e. The second-order valence-corrected chi connectivity index (χ2v) is 5.08. The van der Waals surface area contributed by atoms with Gasteiger partial charge in [0.15, 0.2) is 0 Å². The standard InChI is InChI=1S/C14H20N4O/c1-4-10-8-16-6-5-11(10)13-17-14(19-18-13)12(15)7-9(2)3/h5-6,8-9,12H,4,7,15H2,1-3H3. The van der Waals surface area contributed by atoms with Crippen LogP contribution in [0.1, 0.15) is 44.7 Å². The first kappa shape index (κ1) is 13.7. The average molecular weight is 260 g/mol. The molecule has 1 atom stereocenters. The van der Waals surface area contributed by atoms with Gasteiger partial charge in [-0.3, -0.25) is 4.98 Å². The fourth-order valence-electron chi connectivity index (χ4n) is 2.03. The van der Waals surface area contributed by atoms with Gasteiger partial charge in [0, 0.05) is 18.0 Å². The minimum Gasteiger partial charge on any atom is -0.337 e. The van der Waals surface area contributed by atoms with Crippen LogP contribution in [0.5, 0.6) is 0 Å². The van der Waals surface area contributed by atoms with Gasteiger partial charge in [-0.15, -0.1) is 0 Å². The van der Waals surface area contributed by atoms with Crippen LogP contribution in [0.4, 0.5) is 0 Å². The molecule has 19 heavy (non-hydrogen) atoms. The van der Waals surface area contributed by atoms with E-state index >= 15 is 0 Å². The van der Waals surface area contributed by atoms with Crippen LogP contribution in [-0.4, -0.2) is 15.1 Å². The maximum atomic E-state index is 6.05. The number of nitrogens with zero attached hydrogens (tertiary/aromatic N) is 3. The summed E-state index contributed by atoms with van der Waals surface area (Å²) in [6, 6.07) is 1.70. The van der Waals surface area contributed by atoms with Gasteiger partial charge in [-0.1, -0.05) is 25.9 Å². The van der Waals surface area contributed by atoms with Crippen LogP contribution in [0, 0.1) is 5.92 Å². The van der Waals surface area contributed by atoms with Crippen LogP contribution >= 0.6 is 0 Å². The molecule has 0 aromatic carbocycles. The summed E-state index contributed by atoms with van der Waals surface area (Å²) in [5.74, 6) is 1.59. The fourth-order valence-corrected chi connectivity index (χ4v) is 2.03. The second-order valence-electron chi connectivity index (χ2n) is 5.08. The summed E-state index contributed by atoms with van der Waals surface area (Å²) in [6.07, 6.45) is 5.28. The number of hydrogen-bond donors (Lipinski definition) is 1. The van der Waals surface area contributed by atoms with Crippen molar-refractivity contribution in [3.8, 4) is 11.4 Å². The van der Waals surface area contributed by atoms with Gasteiger partial charge in [0.05, 0.1) is 6.04 Å². The first-order valence-corrected chi connectivity index (χ1v) is 6.64. The van der Waals surface area contributed by atoms with Crippen LogP contribution < -0.4 is 5.73 Å². The molecule has 0 amide bonds. The Hall–Kier alpha value is -1.75. The molecule has 5 heteroatoms. The van der Waals surface area contributed by atoms with Crippen molar-refractivity contribution >= 4 is 0 Å². The molecule has 2 aromatic rings. The lowest BCUT2D eigenvalue weighted by molar-refractivity contribution is 0.335. The first-order chi connectivity index (χ1) is 9.11. The van der Waals surface area contributed by atoms with E-state index in [9.17, 15) is 0 Å². The molecule has 2 aromatic heterocycles. The summed E-state index contributed by atoms with van der Waals surface area (Å²) in [4.78, 5) is 8.52. The zero-order chi connectivity index (χ0) is 13.8. The minimum absolute atomic E-state index is 0.201. The number of hydrogen-bond acceptors (Lipinski definition) is 5. The summed E-state index contributed by atoms with van der Waals surface area (Å²) < 4.78 is 5.27. The maximum absolute atomic E-state index is 6.05.